The fraction of sp³-hybridized carbons (Fsp3) is 0.389. The second-order valence-corrected chi connectivity index (χ2v) is 7.47. The van der Waals surface area contributed by atoms with Crippen molar-refractivity contribution in [1.82, 2.24) is 10.2 Å². The number of carbonyl (C=O) groups is 1. The van der Waals surface area contributed by atoms with Crippen LogP contribution in [-0.4, -0.2) is 29.9 Å². The Kier molecular flexibility index (Phi) is 6.66. The standard InChI is InChI=1S/C18H23N3OS.ClH/c1-13-5-6-17(23-13)18(22)20-16-7-9-21(10-8-16)12-14-3-2-4-15(19)11-14;/h2-6,11,16H,7-10,12,19H2,1H3,(H,20,22);1H. The lowest BCUT2D eigenvalue weighted by molar-refractivity contribution is 0.0913. The topological polar surface area (TPSA) is 58.4 Å². The Hall–Kier alpha value is -1.56. The number of carbonyl (C=O) groups excluding carboxylic acids is 1. The van der Waals surface area contributed by atoms with E-state index < -0.39 is 0 Å². The Balaban J connectivity index is 0.00000208. The number of halogens is 1. The van der Waals surface area contributed by atoms with E-state index in [9.17, 15) is 4.79 Å². The van der Waals surface area contributed by atoms with Crippen LogP contribution in [0.25, 0.3) is 0 Å². The van der Waals surface area contributed by atoms with Gasteiger partial charge < -0.3 is 11.1 Å². The maximum Gasteiger partial charge on any atom is 0.261 e. The summed E-state index contributed by atoms with van der Waals surface area (Å²) in [6, 6.07) is 12.2. The van der Waals surface area contributed by atoms with E-state index in [4.69, 9.17) is 5.73 Å². The fourth-order valence-electron chi connectivity index (χ4n) is 3.00. The first-order chi connectivity index (χ1) is 11.1. The molecule has 1 amide bonds. The zero-order chi connectivity index (χ0) is 16.2. The number of nitrogens with two attached hydrogens (primary N) is 1. The molecule has 2 aromatic rings. The zero-order valence-corrected chi connectivity index (χ0v) is 15.5. The van der Waals surface area contributed by atoms with E-state index in [0.29, 0.717) is 0 Å². The van der Waals surface area contributed by atoms with Crippen LogP contribution in [0.2, 0.25) is 0 Å². The van der Waals surface area contributed by atoms with Crippen LogP contribution in [0.3, 0.4) is 0 Å². The summed E-state index contributed by atoms with van der Waals surface area (Å²) in [5.41, 5.74) is 7.90. The van der Waals surface area contributed by atoms with Crippen molar-refractivity contribution in [3.8, 4) is 0 Å². The molecule has 0 aliphatic carbocycles. The SMILES string of the molecule is Cc1ccc(C(=O)NC2CCN(Cc3cccc(N)c3)CC2)s1.Cl. The van der Waals surface area contributed by atoms with E-state index in [1.807, 2.05) is 37.3 Å². The molecule has 0 saturated carbocycles. The number of hydrogen-bond donors (Lipinski definition) is 2. The molecule has 1 saturated heterocycles. The predicted octanol–water partition coefficient (Wildman–Crippen LogP) is 3.45. The van der Waals surface area contributed by atoms with Gasteiger partial charge in [-0.15, -0.1) is 23.7 Å². The number of hydrogen-bond acceptors (Lipinski definition) is 4. The molecule has 1 fully saturated rings. The molecule has 4 nitrogen and oxygen atoms in total. The van der Waals surface area contributed by atoms with E-state index in [0.717, 1.165) is 43.0 Å². The van der Waals surface area contributed by atoms with Gasteiger partial charge >= 0.3 is 0 Å². The summed E-state index contributed by atoms with van der Waals surface area (Å²) in [5.74, 6) is 0.0670. The van der Waals surface area contributed by atoms with Gasteiger partial charge in [-0.3, -0.25) is 9.69 Å². The zero-order valence-electron chi connectivity index (χ0n) is 13.8. The quantitative estimate of drug-likeness (QED) is 0.816. The van der Waals surface area contributed by atoms with Gasteiger partial charge in [-0.25, -0.2) is 0 Å². The van der Waals surface area contributed by atoms with Gasteiger partial charge in [0.05, 0.1) is 4.88 Å². The maximum atomic E-state index is 12.2. The molecule has 1 aromatic carbocycles. The number of likely N-dealkylation sites (tertiary alicyclic amines) is 1. The fourth-order valence-corrected chi connectivity index (χ4v) is 3.77. The second-order valence-electron chi connectivity index (χ2n) is 6.18. The van der Waals surface area contributed by atoms with E-state index in [1.165, 1.54) is 10.4 Å². The van der Waals surface area contributed by atoms with Crippen LogP contribution in [0, 0.1) is 6.92 Å². The average Bonchev–Trinajstić information content (AvgIpc) is 2.96. The lowest BCUT2D eigenvalue weighted by Crippen LogP contribution is -2.44. The Morgan fingerprint density at radius 1 is 1.29 bits per heavy atom. The molecular formula is C18H24ClN3OS. The molecule has 6 heteroatoms. The van der Waals surface area contributed by atoms with Gasteiger partial charge in [-0.1, -0.05) is 12.1 Å². The minimum absolute atomic E-state index is 0. The molecule has 0 spiro atoms. The largest absolute Gasteiger partial charge is 0.399 e. The molecule has 1 aliphatic heterocycles. The number of nitrogen functional groups attached to an aromatic ring is 1. The lowest BCUT2D eigenvalue weighted by Gasteiger charge is -2.32. The normalized spacial score (nSPS) is 15.7. The Labute approximate surface area is 153 Å². The maximum absolute atomic E-state index is 12.2. The van der Waals surface area contributed by atoms with Crippen molar-refractivity contribution < 1.29 is 4.79 Å². The number of thiophene rings is 1. The van der Waals surface area contributed by atoms with Gasteiger partial charge in [0.15, 0.2) is 0 Å². The molecule has 3 N–H and O–H groups in total. The number of benzene rings is 1. The van der Waals surface area contributed by atoms with Crippen molar-refractivity contribution in [2.24, 2.45) is 0 Å². The minimum Gasteiger partial charge on any atom is -0.399 e. The molecule has 2 heterocycles. The average molecular weight is 366 g/mol. The Morgan fingerprint density at radius 3 is 2.67 bits per heavy atom. The van der Waals surface area contributed by atoms with E-state index in [-0.39, 0.29) is 24.4 Å². The molecule has 0 unspecified atom stereocenters. The van der Waals surface area contributed by atoms with Gasteiger partial charge in [-0.05, 0) is 49.6 Å². The first kappa shape index (κ1) is 18.8. The molecule has 0 radical (unpaired) electrons. The molecule has 3 rings (SSSR count). The molecule has 0 atom stereocenters. The smallest absolute Gasteiger partial charge is 0.261 e. The first-order valence-electron chi connectivity index (χ1n) is 8.04. The molecule has 24 heavy (non-hydrogen) atoms. The van der Waals surface area contributed by atoms with Crippen molar-refractivity contribution in [2.45, 2.75) is 32.4 Å². The minimum atomic E-state index is 0. The highest BCUT2D eigenvalue weighted by molar-refractivity contribution is 7.13. The third kappa shape index (κ3) is 4.97. The predicted molar refractivity (Wildman–Crippen MR) is 103 cm³/mol. The van der Waals surface area contributed by atoms with Crippen LogP contribution in [0.15, 0.2) is 36.4 Å². The van der Waals surface area contributed by atoms with Gasteiger partial charge in [0, 0.05) is 36.2 Å². The van der Waals surface area contributed by atoms with Crippen molar-refractivity contribution in [2.75, 3.05) is 18.8 Å². The van der Waals surface area contributed by atoms with E-state index in [1.54, 1.807) is 11.3 Å². The van der Waals surface area contributed by atoms with Crippen LogP contribution in [0.4, 0.5) is 5.69 Å². The number of rotatable bonds is 4. The number of nitrogens with zero attached hydrogens (tertiary/aromatic N) is 1. The van der Waals surface area contributed by atoms with Crippen molar-refractivity contribution >= 4 is 35.3 Å². The molecule has 1 aliphatic rings. The summed E-state index contributed by atoms with van der Waals surface area (Å²) < 4.78 is 0. The van der Waals surface area contributed by atoms with Gasteiger partial charge in [0.1, 0.15) is 0 Å². The highest BCUT2D eigenvalue weighted by Crippen LogP contribution is 2.18. The third-order valence-corrected chi connectivity index (χ3v) is 5.24. The summed E-state index contributed by atoms with van der Waals surface area (Å²) in [6.07, 6.45) is 2.00. The van der Waals surface area contributed by atoms with Crippen LogP contribution >= 0.6 is 23.7 Å². The highest BCUT2D eigenvalue weighted by Gasteiger charge is 2.21. The monoisotopic (exact) mass is 365 g/mol. The number of anilines is 1. The summed E-state index contributed by atoms with van der Waals surface area (Å²) in [5, 5.41) is 3.17. The van der Waals surface area contributed by atoms with Gasteiger partial charge in [0.2, 0.25) is 0 Å². The van der Waals surface area contributed by atoms with Gasteiger partial charge in [-0.2, -0.15) is 0 Å². The van der Waals surface area contributed by atoms with E-state index in [2.05, 4.69) is 16.3 Å². The number of aryl methyl sites for hydroxylation is 1. The van der Waals surface area contributed by atoms with Crippen LogP contribution in [0.5, 0.6) is 0 Å². The lowest BCUT2D eigenvalue weighted by atomic mass is 10.0. The molecule has 0 bridgehead atoms. The van der Waals surface area contributed by atoms with Crippen molar-refractivity contribution in [1.29, 1.82) is 0 Å². The van der Waals surface area contributed by atoms with Crippen molar-refractivity contribution in [3.05, 3.63) is 51.7 Å². The van der Waals surface area contributed by atoms with Crippen LogP contribution in [0.1, 0.15) is 33.0 Å². The molecular weight excluding hydrogens is 342 g/mol. The number of piperidine rings is 1. The third-order valence-electron chi connectivity index (χ3n) is 4.24. The highest BCUT2D eigenvalue weighted by atomic mass is 35.5. The summed E-state index contributed by atoms with van der Waals surface area (Å²) in [4.78, 5) is 16.6. The van der Waals surface area contributed by atoms with E-state index >= 15 is 0 Å². The molecule has 1 aromatic heterocycles. The summed E-state index contributed by atoms with van der Waals surface area (Å²) in [7, 11) is 0. The Bertz CT molecular complexity index is 680. The van der Waals surface area contributed by atoms with Crippen molar-refractivity contribution in [3.63, 3.8) is 0 Å². The molecule has 130 valence electrons. The van der Waals surface area contributed by atoms with Crippen LogP contribution < -0.4 is 11.1 Å². The first-order valence-corrected chi connectivity index (χ1v) is 8.86. The number of amides is 1. The number of nitrogens with one attached hydrogen (secondary N) is 1. The van der Waals surface area contributed by atoms with Crippen LogP contribution in [-0.2, 0) is 6.54 Å². The Morgan fingerprint density at radius 2 is 2.04 bits per heavy atom. The summed E-state index contributed by atoms with van der Waals surface area (Å²) >= 11 is 1.55. The second kappa shape index (κ2) is 8.51. The summed E-state index contributed by atoms with van der Waals surface area (Å²) in [6.45, 7) is 4.96. The van der Waals surface area contributed by atoms with Gasteiger partial charge in [0.25, 0.3) is 5.91 Å².